The smallest absolute Gasteiger partial charge is 0.339 e. The molecule has 0 spiro atoms. The van der Waals surface area contributed by atoms with Gasteiger partial charge in [0.15, 0.2) is 0 Å². The lowest BCUT2D eigenvalue weighted by atomic mass is 10.1. The van der Waals surface area contributed by atoms with Crippen LogP contribution in [0.15, 0.2) is 85.5 Å². The van der Waals surface area contributed by atoms with Crippen molar-refractivity contribution >= 4 is 17.6 Å². The molecule has 166 valence electrons. The molecule has 1 amide bonds. The summed E-state index contributed by atoms with van der Waals surface area (Å²) >= 11 is 0. The highest BCUT2D eigenvalue weighted by Crippen LogP contribution is 2.23. The lowest BCUT2D eigenvalue weighted by molar-refractivity contribution is -0.125. The number of rotatable bonds is 7. The Labute approximate surface area is 192 Å². The number of nitrogens with zero attached hydrogens (tertiary/aromatic N) is 3. The van der Waals surface area contributed by atoms with Gasteiger partial charge in [0.25, 0.3) is 5.91 Å². The summed E-state index contributed by atoms with van der Waals surface area (Å²) in [6.07, 6.45) is 2.01. The Bertz CT molecular complexity index is 1220. The quantitative estimate of drug-likeness (QED) is 0.428. The van der Waals surface area contributed by atoms with E-state index < -0.39 is 18.0 Å². The second kappa shape index (κ2) is 9.91. The third-order valence-corrected chi connectivity index (χ3v) is 5.06. The first kappa shape index (κ1) is 22.0. The summed E-state index contributed by atoms with van der Waals surface area (Å²) < 4.78 is 7.37. The number of esters is 1. The molecule has 7 heteroatoms. The van der Waals surface area contributed by atoms with Gasteiger partial charge in [0, 0.05) is 11.3 Å². The predicted octanol–water partition coefficient (Wildman–Crippen LogP) is 4.48. The summed E-state index contributed by atoms with van der Waals surface area (Å²) in [6.45, 7) is 4.47. The predicted molar refractivity (Wildman–Crippen MR) is 125 cm³/mol. The van der Waals surface area contributed by atoms with Crippen LogP contribution < -0.4 is 5.32 Å². The van der Waals surface area contributed by atoms with Crippen molar-refractivity contribution in [1.82, 2.24) is 14.8 Å². The fraction of sp³-hybridized carbons (Fsp3) is 0.154. The molecule has 0 radical (unpaired) electrons. The molecular weight excluding hydrogens is 416 g/mol. The molecule has 0 bridgehead atoms. The molecule has 0 aliphatic carbocycles. The van der Waals surface area contributed by atoms with Crippen LogP contribution in [0.2, 0.25) is 0 Å². The van der Waals surface area contributed by atoms with Crippen LogP contribution in [0.4, 0.5) is 5.69 Å². The van der Waals surface area contributed by atoms with Crippen LogP contribution in [0.1, 0.15) is 38.7 Å². The summed E-state index contributed by atoms with van der Waals surface area (Å²) in [6, 6.07) is 21.8. The van der Waals surface area contributed by atoms with E-state index >= 15 is 0 Å². The summed E-state index contributed by atoms with van der Waals surface area (Å²) in [7, 11) is 0. The number of carbonyl (C=O) groups excluding carboxylic acids is 2. The SMILES string of the molecule is Cc1cc(C)cc(NC(=O)C(OC(=O)c2ccc(Cn3cncn3)cc2)c2ccccc2)c1. The number of benzene rings is 3. The maximum atomic E-state index is 13.1. The molecule has 33 heavy (non-hydrogen) atoms. The molecule has 1 N–H and O–H groups in total. The zero-order valence-corrected chi connectivity index (χ0v) is 18.4. The minimum atomic E-state index is -1.09. The number of hydrogen-bond acceptors (Lipinski definition) is 5. The van der Waals surface area contributed by atoms with Crippen LogP contribution in [0.25, 0.3) is 0 Å². The van der Waals surface area contributed by atoms with E-state index in [2.05, 4.69) is 15.4 Å². The Morgan fingerprint density at radius 2 is 1.67 bits per heavy atom. The molecule has 4 aromatic rings. The largest absolute Gasteiger partial charge is 0.444 e. The van der Waals surface area contributed by atoms with Crippen molar-refractivity contribution in [2.24, 2.45) is 0 Å². The number of nitrogens with one attached hydrogen (secondary N) is 1. The van der Waals surface area contributed by atoms with E-state index in [0.717, 1.165) is 16.7 Å². The summed E-state index contributed by atoms with van der Waals surface area (Å²) in [4.78, 5) is 29.9. The average molecular weight is 441 g/mol. The molecule has 7 nitrogen and oxygen atoms in total. The van der Waals surface area contributed by atoms with Crippen LogP contribution in [-0.4, -0.2) is 26.6 Å². The molecule has 0 aliphatic heterocycles. The molecule has 1 atom stereocenters. The third-order valence-electron chi connectivity index (χ3n) is 5.06. The molecule has 0 aliphatic rings. The topological polar surface area (TPSA) is 86.1 Å². The first-order chi connectivity index (χ1) is 16.0. The number of hydrogen-bond donors (Lipinski definition) is 1. The Hall–Kier alpha value is -4.26. The number of anilines is 1. The molecule has 0 fully saturated rings. The number of ether oxygens (including phenoxy) is 1. The van der Waals surface area contributed by atoms with E-state index in [1.165, 1.54) is 6.33 Å². The molecule has 1 unspecified atom stereocenters. The number of aromatic nitrogens is 3. The van der Waals surface area contributed by atoms with Crippen molar-refractivity contribution in [3.63, 3.8) is 0 Å². The van der Waals surface area contributed by atoms with E-state index in [0.29, 0.717) is 23.4 Å². The summed E-state index contributed by atoms with van der Waals surface area (Å²) in [5, 5.41) is 6.96. The van der Waals surface area contributed by atoms with Crippen LogP contribution in [-0.2, 0) is 16.1 Å². The average Bonchev–Trinajstić information content (AvgIpc) is 3.30. The maximum Gasteiger partial charge on any atom is 0.339 e. The molecule has 1 aromatic heterocycles. The van der Waals surface area contributed by atoms with Crippen LogP contribution in [0.3, 0.4) is 0 Å². The Balaban J connectivity index is 1.51. The van der Waals surface area contributed by atoms with Gasteiger partial charge in [-0.05, 0) is 54.8 Å². The molecule has 3 aromatic carbocycles. The number of aryl methyl sites for hydroxylation is 2. The Morgan fingerprint density at radius 1 is 0.970 bits per heavy atom. The van der Waals surface area contributed by atoms with Gasteiger partial charge in [-0.25, -0.2) is 14.5 Å². The van der Waals surface area contributed by atoms with Crippen molar-refractivity contribution in [3.8, 4) is 0 Å². The fourth-order valence-corrected chi connectivity index (χ4v) is 3.58. The van der Waals surface area contributed by atoms with E-state index in [9.17, 15) is 9.59 Å². The highest BCUT2D eigenvalue weighted by atomic mass is 16.5. The van der Waals surface area contributed by atoms with Gasteiger partial charge in [0.2, 0.25) is 6.10 Å². The van der Waals surface area contributed by atoms with Gasteiger partial charge in [0.1, 0.15) is 12.7 Å². The second-order valence-electron chi connectivity index (χ2n) is 7.85. The van der Waals surface area contributed by atoms with Crippen molar-refractivity contribution in [2.75, 3.05) is 5.32 Å². The van der Waals surface area contributed by atoms with E-state index in [1.54, 1.807) is 47.4 Å². The van der Waals surface area contributed by atoms with Crippen molar-refractivity contribution < 1.29 is 14.3 Å². The third kappa shape index (κ3) is 5.71. The van der Waals surface area contributed by atoms with Gasteiger partial charge in [-0.1, -0.05) is 48.5 Å². The van der Waals surface area contributed by atoms with E-state index in [1.807, 2.05) is 50.2 Å². The first-order valence-corrected chi connectivity index (χ1v) is 10.5. The van der Waals surface area contributed by atoms with Gasteiger partial charge < -0.3 is 10.1 Å². The van der Waals surface area contributed by atoms with Gasteiger partial charge in [0.05, 0.1) is 12.1 Å². The molecule has 1 heterocycles. The number of carbonyl (C=O) groups is 2. The van der Waals surface area contributed by atoms with Gasteiger partial charge >= 0.3 is 5.97 Å². The van der Waals surface area contributed by atoms with E-state index in [-0.39, 0.29) is 0 Å². The zero-order chi connectivity index (χ0) is 23.2. The lowest BCUT2D eigenvalue weighted by Crippen LogP contribution is -2.26. The van der Waals surface area contributed by atoms with E-state index in [4.69, 9.17) is 4.74 Å². The maximum absolute atomic E-state index is 13.1. The molecule has 0 saturated heterocycles. The molecule has 0 saturated carbocycles. The van der Waals surface area contributed by atoms with Gasteiger partial charge in [-0.2, -0.15) is 5.10 Å². The zero-order valence-electron chi connectivity index (χ0n) is 18.4. The minimum absolute atomic E-state index is 0.359. The monoisotopic (exact) mass is 440 g/mol. The normalized spacial score (nSPS) is 11.6. The summed E-state index contributed by atoms with van der Waals surface area (Å²) in [5.41, 5.74) is 4.64. The van der Waals surface area contributed by atoms with Gasteiger partial charge in [-0.15, -0.1) is 0 Å². The Morgan fingerprint density at radius 3 is 2.30 bits per heavy atom. The van der Waals surface area contributed by atoms with Crippen LogP contribution in [0, 0.1) is 13.8 Å². The molecule has 4 rings (SSSR count). The van der Waals surface area contributed by atoms with Gasteiger partial charge in [-0.3, -0.25) is 4.79 Å². The van der Waals surface area contributed by atoms with Crippen LogP contribution in [0.5, 0.6) is 0 Å². The van der Waals surface area contributed by atoms with Crippen LogP contribution >= 0.6 is 0 Å². The van der Waals surface area contributed by atoms with Crippen molar-refractivity contribution in [3.05, 3.63) is 113 Å². The lowest BCUT2D eigenvalue weighted by Gasteiger charge is -2.18. The fourth-order valence-electron chi connectivity index (χ4n) is 3.58. The standard InChI is InChI=1S/C26H24N4O3/c1-18-12-19(2)14-23(13-18)29-25(31)24(21-6-4-3-5-7-21)33-26(32)22-10-8-20(9-11-22)15-30-17-27-16-28-30/h3-14,16-17,24H,15H2,1-2H3,(H,29,31). The van der Waals surface area contributed by atoms with Crippen molar-refractivity contribution in [1.29, 1.82) is 0 Å². The van der Waals surface area contributed by atoms with Crippen molar-refractivity contribution in [2.45, 2.75) is 26.5 Å². The highest BCUT2D eigenvalue weighted by Gasteiger charge is 2.26. The molecular formula is C26H24N4O3. The Kier molecular flexibility index (Phi) is 6.59. The number of amides is 1. The first-order valence-electron chi connectivity index (χ1n) is 10.5. The minimum Gasteiger partial charge on any atom is -0.444 e. The second-order valence-corrected chi connectivity index (χ2v) is 7.85. The highest BCUT2D eigenvalue weighted by molar-refractivity contribution is 5.98. The summed E-state index contributed by atoms with van der Waals surface area (Å²) in [5.74, 6) is -0.992.